The highest BCUT2D eigenvalue weighted by molar-refractivity contribution is 6.05. The summed E-state index contributed by atoms with van der Waals surface area (Å²) >= 11 is 0. The van der Waals surface area contributed by atoms with Crippen LogP contribution in [0.4, 0.5) is 0 Å². The Balaban J connectivity index is 2.93. The van der Waals surface area contributed by atoms with Gasteiger partial charge in [-0.25, -0.2) is 0 Å². The van der Waals surface area contributed by atoms with Gasteiger partial charge >= 0.3 is 0 Å². The van der Waals surface area contributed by atoms with Crippen LogP contribution in [0.2, 0.25) is 0 Å². The van der Waals surface area contributed by atoms with Gasteiger partial charge in [0.25, 0.3) is 0 Å². The van der Waals surface area contributed by atoms with Crippen LogP contribution < -0.4 is 0 Å². The van der Waals surface area contributed by atoms with E-state index < -0.39 is 11.8 Å². The molecule has 0 bridgehead atoms. The van der Waals surface area contributed by atoms with Crippen LogP contribution in [0.1, 0.15) is 12.8 Å². The van der Waals surface area contributed by atoms with Gasteiger partial charge in [0, 0.05) is 34.0 Å². The van der Waals surface area contributed by atoms with E-state index in [0.29, 0.717) is 6.29 Å². The molecule has 6 nitrogen and oxygen atoms in total. The summed E-state index contributed by atoms with van der Waals surface area (Å²) < 4.78 is 0. The van der Waals surface area contributed by atoms with Gasteiger partial charge in [-0.15, -0.1) is 0 Å². The van der Waals surface area contributed by atoms with E-state index in [1.54, 1.807) is 14.1 Å². The summed E-state index contributed by atoms with van der Waals surface area (Å²) in [5, 5.41) is 0. The molecule has 2 atom stereocenters. The normalized spacial score (nSPS) is 21.6. The number of aldehydes is 1. The Morgan fingerprint density at radius 2 is 2.12 bits per heavy atom. The van der Waals surface area contributed by atoms with Crippen molar-refractivity contribution in [1.82, 2.24) is 9.80 Å². The van der Waals surface area contributed by atoms with Crippen molar-refractivity contribution < 1.29 is 19.2 Å². The first-order valence-electron chi connectivity index (χ1n) is 5.35. The Labute approximate surface area is 99.5 Å². The average Bonchev–Trinajstić information content (AvgIpc) is 2.53. The summed E-state index contributed by atoms with van der Waals surface area (Å²) in [6.45, 7) is 0. The monoisotopic (exact) mass is 240 g/mol. The predicted molar refractivity (Wildman–Crippen MR) is 58.7 cm³/mol. The second kappa shape index (κ2) is 5.07. The van der Waals surface area contributed by atoms with Crippen LogP contribution in [0.25, 0.3) is 0 Å². The summed E-state index contributed by atoms with van der Waals surface area (Å²) in [6.07, 6.45) is 0.587. The van der Waals surface area contributed by atoms with Crippen LogP contribution in [-0.2, 0) is 19.2 Å². The Bertz CT molecular complexity index is 364. The van der Waals surface area contributed by atoms with Gasteiger partial charge in [0.15, 0.2) is 0 Å². The summed E-state index contributed by atoms with van der Waals surface area (Å²) in [7, 11) is 4.51. The standard InChI is InChI=1S/C11H16N2O4/c1-12(2)10(16)7(4-5-14)8-6-9(15)13(3)11(8)17/h5,7-8H,4,6H2,1-3H3. The van der Waals surface area contributed by atoms with E-state index in [2.05, 4.69) is 0 Å². The number of hydrogen-bond acceptors (Lipinski definition) is 4. The summed E-state index contributed by atoms with van der Waals surface area (Å²) in [4.78, 5) is 48.0. The maximum atomic E-state index is 11.9. The van der Waals surface area contributed by atoms with Crippen molar-refractivity contribution in [2.45, 2.75) is 12.8 Å². The molecule has 1 heterocycles. The van der Waals surface area contributed by atoms with E-state index in [9.17, 15) is 19.2 Å². The Morgan fingerprint density at radius 3 is 2.47 bits per heavy atom. The molecule has 0 saturated carbocycles. The Kier molecular flexibility index (Phi) is 3.98. The lowest BCUT2D eigenvalue weighted by atomic mass is 9.87. The first-order valence-corrected chi connectivity index (χ1v) is 5.35. The van der Waals surface area contributed by atoms with Crippen molar-refractivity contribution in [3.8, 4) is 0 Å². The van der Waals surface area contributed by atoms with Crippen molar-refractivity contribution >= 4 is 24.0 Å². The lowest BCUT2D eigenvalue weighted by molar-refractivity contribution is -0.143. The molecule has 1 saturated heterocycles. The molecule has 0 radical (unpaired) electrons. The van der Waals surface area contributed by atoms with Crippen molar-refractivity contribution in [2.24, 2.45) is 11.8 Å². The number of hydrogen-bond donors (Lipinski definition) is 0. The first kappa shape index (κ1) is 13.3. The summed E-state index contributed by atoms with van der Waals surface area (Å²) in [5.41, 5.74) is 0. The molecular weight excluding hydrogens is 224 g/mol. The largest absolute Gasteiger partial charge is 0.349 e. The van der Waals surface area contributed by atoms with E-state index in [4.69, 9.17) is 0 Å². The van der Waals surface area contributed by atoms with Gasteiger partial charge in [-0.2, -0.15) is 0 Å². The highest BCUT2D eigenvalue weighted by Crippen LogP contribution is 2.28. The van der Waals surface area contributed by atoms with Crippen LogP contribution in [-0.4, -0.2) is 55.0 Å². The number of imide groups is 1. The summed E-state index contributed by atoms with van der Waals surface area (Å²) in [5.74, 6) is -2.41. The van der Waals surface area contributed by atoms with Crippen molar-refractivity contribution in [3.05, 3.63) is 0 Å². The third kappa shape index (κ3) is 2.51. The van der Waals surface area contributed by atoms with E-state index >= 15 is 0 Å². The van der Waals surface area contributed by atoms with Crippen LogP contribution in [0.5, 0.6) is 0 Å². The third-order valence-electron chi connectivity index (χ3n) is 3.01. The fraction of sp³-hybridized carbons (Fsp3) is 0.636. The minimum absolute atomic E-state index is 0.00736. The van der Waals surface area contributed by atoms with Crippen LogP contribution >= 0.6 is 0 Å². The fourth-order valence-electron chi connectivity index (χ4n) is 1.97. The molecule has 1 rings (SSSR count). The summed E-state index contributed by atoms with van der Waals surface area (Å²) in [6, 6.07) is 0. The van der Waals surface area contributed by atoms with Gasteiger partial charge < -0.3 is 9.69 Å². The maximum absolute atomic E-state index is 11.9. The molecule has 1 aliphatic heterocycles. The third-order valence-corrected chi connectivity index (χ3v) is 3.01. The van der Waals surface area contributed by atoms with Gasteiger partial charge in [-0.3, -0.25) is 19.3 Å². The maximum Gasteiger partial charge on any atom is 0.233 e. The quantitative estimate of drug-likeness (QED) is 0.480. The lowest BCUT2D eigenvalue weighted by Gasteiger charge is -2.22. The number of carbonyl (C=O) groups excluding carboxylic acids is 4. The number of amides is 3. The van der Waals surface area contributed by atoms with E-state index in [-0.39, 0.29) is 30.6 Å². The zero-order valence-corrected chi connectivity index (χ0v) is 10.2. The smallest absolute Gasteiger partial charge is 0.233 e. The minimum atomic E-state index is -0.733. The molecule has 1 aliphatic rings. The molecule has 0 aromatic carbocycles. The number of nitrogens with zero attached hydrogens (tertiary/aromatic N) is 2. The van der Waals surface area contributed by atoms with Gasteiger partial charge in [-0.05, 0) is 0 Å². The molecule has 1 fully saturated rings. The molecule has 0 spiro atoms. The Hall–Kier alpha value is -1.72. The van der Waals surface area contributed by atoms with Crippen molar-refractivity contribution in [3.63, 3.8) is 0 Å². The minimum Gasteiger partial charge on any atom is -0.349 e. The SMILES string of the molecule is CN(C)C(=O)C(CC=O)C1CC(=O)N(C)C1=O. The van der Waals surface area contributed by atoms with Gasteiger partial charge in [0.05, 0.1) is 11.8 Å². The van der Waals surface area contributed by atoms with Crippen molar-refractivity contribution in [2.75, 3.05) is 21.1 Å². The lowest BCUT2D eigenvalue weighted by Crippen LogP contribution is -2.37. The van der Waals surface area contributed by atoms with E-state index in [1.807, 2.05) is 0 Å². The number of carbonyl (C=O) groups is 4. The second-order valence-electron chi connectivity index (χ2n) is 4.34. The van der Waals surface area contributed by atoms with Crippen LogP contribution in [0.3, 0.4) is 0 Å². The molecule has 0 aliphatic carbocycles. The zero-order chi connectivity index (χ0) is 13.2. The fourth-order valence-corrected chi connectivity index (χ4v) is 1.97. The molecule has 0 aromatic rings. The first-order chi connectivity index (χ1) is 7.90. The van der Waals surface area contributed by atoms with E-state index in [1.165, 1.54) is 11.9 Å². The molecule has 17 heavy (non-hydrogen) atoms. The molecule has 0 aromatic heterocycles. The molecule has 6 heteroatoms. The van der Waals surface area contributed by atoms with E-state index in [0.717, 1.165) is 4.90 Å². The molecular formula is C11H16N2O4. The van der Waals surface area contributed by atoms with Crippen molar-refractivity contribution in [1.29, 1.82) is 0 Å². The van der Waals surface area contributed by atoms with Crippen LogP contribution in [0, 0.1) is 11.8 Å². The molecule has 94 valence electrons. The highest BCUT2D eigenvalue weighted by atomic mass is 16.2. The van der Waals surface area contributed by atoms with Gasteiger partial charge in [0.2, 0.25) is 17.7 Å². The topological polar surface area (TPSA) is 74.8 Å². The van der Waals surface area contributed by atoms with Gasteiger partial charge in [0.1, 0.15) is 6.29 Å². The number of rotatable bonds is 4. The number of likely N-dealkylation sites (tertiary alicyclic amines) is 1. The van der Waals surface area contributed by atoms with Crippen LogP contribution in [0.15, 0.2) is 0 Å². The Morgan fingerprint density at radius 1 is 1.53 bits per heavy atom. The second-order valence-corrected chi connectivity index (χ2v) is 4.34. The zero-order valence-electron chi connectivity index (χ0n) is 10.2. The predicted octanol–water partition coefficient (Wildman–Crippen LogP) is -0.715. The molecule has 0 N–H and O–H groups in total. The average molecular weight is 240 g/mol. The molecule has 2 unspecified atom stereocenters. The van der Waals surface area contributed by atoms with Gasteiger partial charge in [-0.1, -0.05) is 0 Å². The highest BCUT2D eigenvalue weighted by Gasteiger charge is 2.43. The molecule has 3 amide bonds.